The van der Waals surface area contributed by atoms with Crippen molar-refractivity contribution in [1.29, 1.82) is 0 Å². The van der Waals surface area contributed by atoms with Gasteiger partial charge in [0.2, 0.25) is 5.91 Å². The molecule has 2 aliphatic carbocycles. The summed E-state index contributed by atoms with van der Waals surface area (Å²) in [6.45, 7) is 3.75. The van der Waals surface area contributed by atoms with Crippen molar-refractivity contribution in [3.63, 3.8) is 0 Å². The van der Waals surface area contributed by atoms with E-state index in [4.69, 9.17) is 4.74 Å². The summed E-state index contributed by atoms with van der Waals surface area (Å²) in [4.78, 5) is 38.9. The number of hydrogen-bond donors (Lipinski definition) is 2. The van der Waals surface area contributed by atoms with Gasteiger partial charge in [-0.3, -0.25) is 4.79 Å². The summed E-state index contributed by atoms with van der Waals surface area (Å²) >= 11 is 0. The highest BCUT2D eigenvalue weighted by Crippen LogP contribution is 2.44. The molecular formula is C27H32N2O5. The van der Waals surface area contributed by atoms with Crippen molar-refractivity contribution < 1.29 is 24.2 Å². The number of amides is 2. The zero-order chi connectivity index (χ0) is 24.5. The first-order valence-electron chi connectivity index (χ1n) is 11.9. The lowest BCUT2D eigenvalue weighted by Gasteiger charge is -2.36. The summed E-state index contributed by atoms with van der Waals surface area (Å²) in [6, 6.07) is 15.0. The number of hydrogen-bond acceptors (Lipinski definition) is 4. The van der Waals surface area contributed by atoms with Crippen LogP contribution >= 0.6 is 0 Å². The largest absolute Gasteiger partial charge is 0.480 e. The van der Waals surface area contributed by atoms with Crippen LogP contribution in [0, 0.1) is 5.41 Å². The number of rotatable bonds is 7. The number of carbonyl (C=O) groups is 3. The van der Waals surface area contributed by atoms with Gasteiger partial charge in [0.05, 0.1) is 5.41 Å². The number of nitrogens with zero attached hydrogens (tertiary/aromatic N) is 1. The van der Waals surface area contributed by atoms with Crippen LogP contribution in [0.4, 0.5) is 4.79 Å². The number of ether oxygens (including phenoxy) is 1. The van der Waals surface area contributed by atoms with E-state index in [1.54, 1.807) is 6.92 Å². The van der Waals surface area contributed by atoms with Crippen molar-refractivity contribution in [3.05, 3.63) is 59.7 Å². The highest BCUT2D eigenvalue weighted by Gasteiger charge is 2.48. The smallest absolute Gasteiger partial charge is 0.407 e. The van der Waals surface area contributed by atoms with Crippen LogP contribution in [0.2, 0.25) is 0 Å². The van der Waals surface area contributed by atoms with Crippen molar-refractivity contribution in [2.75, 3.05) is 13.7 Å². The van der Waals surface area contributed by atoms with E-state index >= 15 is 0 Å². The Hall–Kier alpha value is -3.35. The van der Waals surface area contributed by atoms with Crippen LogP contribution < -0.4 is 5.32 Å². The lowest BCUT2D eigenvalue weighted by molar-refractivity contribution is -0.154. The number of likely N-dealkylation sites (N-methyl/N-ethyl adjacent to an activating group) is 1. The van der Waals surface area contributed by atoms with Crippen molar-refractivity contribution >= 4 is 18.0 Å². The van der Waals surface area contributed by atoms with Crippen molar-refractivity contribution in [3.8, 4) is 11.1 Å². The van der Waals surface area contributed by atoms with E-state index in [-0.39, 0.29) is 18.4 Å². The molecule has 3 atom stereocenters. The van der Waals surface area contributed by atoms with Gasteiger partial charge >= 0.3 is 12.1 Å². The van der Waals surface area contributed by atoms with E-state index < -0.39 is 29.6 Å². The standard InChI is InChI=1S/C27H32N2O5/c1-4-22(24(30)31)29(3)25(32)27(2)15-9-14-23(27)28-26(33)34-16-21-19-12-7-5-10-17(19)18-11-6-8-13-20(18)21/h5-8,10-13,21-23H,4,9,14-16H2,1-3H3,(H,28,33)(H,30,31). The molecule has 3 unspecified atom stereocenters. The van der Waals surface area contributed by atoms with Gasteiger partial charge in [-0.15, -0.1) is 0 Å². The summed E-state index contributed by atoms with van der Waals surface area (Å²) in [7, 11) is 1.53. The summed E-state index contributed by atoms with van der Waals surface area (Å²) in [5.41, 5.74) is 3.72. The summed E-state index contributed by atoms with van der Waals surface area (Å²) < 4.78 is 5.67. The molecule has 0 radical (unpaired) electrons. The minimum absolute atomic E-state index is 0.0400. The molecule has 1 saturated carbocycles. The van der Waals surface area contributed by atoms with Crippen molar-refractivity contribution in [1.82, 2.24) is 10.2 Å². The maximum absolute atomic E-state index is 13.3. The second-order valence-corrected chi connectivity index (χ2v) is 9.51. The van der Waals surface area contributed by atoms with Crippen LogP contribution in [0.3, 0.4) is 0 Å². The molecule has 2 amide bonds. The topological polar surface area (TPSA) is 95.9 Å². The minimum atomic E-state index is -1.03. The number of benzene rings is 2. The maximum Gasteiger partial charge on any atom is 0.407 e. The fourth-order valence-corrected chi connectivity index (χ4v) is 5.59. The first-order chi connectivity index (χ1) is 16.3. The van der Waals surface area contributed by atoms with Crippen LogP contribution in [0.15, 0.2) is 48.5 Å². The van der Waals surface area contributed by atoms with Gasteiger partial charge in [-0.1, -0.05) is 61.9 Å². The number of alkyl carbamates (subject to hydrolysis) is 1. The summed E-state index contributed by atoms with van der Waals surface area (Å²) in [6.07, 6.45) is 1.76. The van der Waals surface area contributed by atoms with Crippen molar-refractivity contribution in [2.24, 2.45) is 5.41 Å². The Kier molecular flexibility index (Phi) is 6.64. The molecule has 0 aromatic heterocycles. The van der Waals surface area contributed by atoms with Crippen LogP contribution in [0.5, 0.6) is 0 Å². The fourth-order valence-electron chi connectivity index (χ4n) is 5.59. The lowest BCUT2D eigenvalue weighted by Crippen LogP contribution is -2.54. The first-order valence-corrected chi connectivity index (χ1v) is 11.9. The first kappa shape index (κ1) is 23.8. The predicted molar refractivity (Wildman–Crippen MR) is 128 cm³/mol. The molecule has 2 aliphatic rings. The lowest BCUT2D eigenvalue weighted by atomic mass is 9.82. The zero-order valence-electron chi connectivity index (χ0n) is 19.9. The Morgan fingerprint density at radius 1 is 1.12 bits per heavy atom. The molecule has 0 aliphatic heterocycles. The maximum atomic E-state index is 13.3. The highest BCUT2D eigenvalue weighted by molar-refractivity contribution is 5.88. The third-order valence-corrected chi connectivity index (χ3v) is 7.54. The number of nitrogens with one attached hydrogen (secondary N) is 1. The number of aliphatic carboxylic acids is 1. The third-order valence-electron chi connectivity index (χ3n) is 7.54. The molecule has 1 fully saturated rings. The van der Waals surface area contributed by atoms with E-state index in [9.17, 15) is 19.5 Å². The molecule has 7 nitrogen and oxygen atoms in total. The molecule has 0 bridgehead atoms. The highest BCUT2D eigenvalue weighted by atomic mass is 16.5. The number of carboxylic acid groups (broad SMARTS) is 1. The van der Waals surface area contributed by atoms with Gasteiger partial charge in [0.15, 0.2) is 0 Å². The Morgan fingerprint density at radius 3 is 2.26 bits per heavy atom. The molecule has 7 heteroatoms. The SMILES string of the molecule is CCC(C(=O)O)N(C)C(=O)C1(C)CCCC1NC(=O)OCC1c2ccccc2-c2ccccc21. The fraction of sp³-hybridized carbons (Fsp3) is 0.444. The monoisotopic (exact) mass is 464 g/mol. The Bertz CT molecular complexity index is 1050. The van der Waals surface area contributed by atoms with Crippen molar-refractivity contribution in [2.45, 2.75) is 57.5 Å². The summed E-state index contributed by atoms with van der Waals surface area (Å²) in [5.74, 6) is -1.33. The Labute approximate surface area is 200 Å². The zero-order valence-corrected chi connectivity index (χ0v) is 19.9. The van der Waals surface area contributed by atoms with E-state index in [1.165, 1.54) is 11.9 Å². The van der Waals surface area contributed by atoms with Crippen LogP contribution in [0.1, 0.15) is 56.6 Å². The molecular weight excluding hydrogens is 432 g/mol. The molecule has 4 rings (SSSR count). The second kappa shape index (κ2) is 9.49. The van der Waals surface area contributed by atoms with E-state index in [2.05, 4.69) is 29.6 Å². The van der Waals surface area contributed by atoms with E-state index in [1.807, 2.05) is 31.2 Å². The predicted octanol–water partition coefficient (Wildman–Crippen LogP) is 4.41. The normalized spacial score (nSPS) is 21.9. The van der Waals surface area contributed by atoms with E-state index in [0.29, 0.717) is 19.3 Å². The summed E-state index contributed by atoms with van der Waals surface area (Å²) in [5, 5.41) is 12.4. The average molecular weight is 465 g/mol. The number of fused-ring (bicyclic) bond motifs is 3. The second-order valence-electron chi connectivity index (χ2n) is 9.51. The quantitative estimate of drug-likeness (QED) is 0.633. The molecule has 0 spiro atoms. The van der Waals surface area contributed by atoms with Crippen LogP contribution in [-0.4, -0.2) is 53.7 Å². The number of carbonyl (C=O) groups excluding carboxylic acids is 2. The molecule has 34 heavy (non-hydrogen) atoms. The Balaban J connectivity index is 1.43. The molecule has 2 N–H and O–H groups in total. The molecule has 180 valence electrons. The van der Waals surface area contributed by atoms with Gasteiger partial charge in [-0.2, -0.15) is 0 Å². The van der Waals surface area contributed by atoms with Gasteiger partial charge < -0.3 is 20.1 Å². The van der Waals surface area contributed by atoms with Gasteiger partial charge in [0.1, 0.15) is 12.6 Å². The molecule has 0 heterocycles. The van der Waals surface area contributed by atoms with Gasteiger partial charge in [-0.25, -0.2) is 9.59 Å². The van der Waals surface area contributed by atoms with Crippen LogP contribution in [0.25, 0.3) is 11.1 Å². The number of carboxylic acids is 1. The Morgan fingerprint density at radius 2 is 1.71 bits per heavy atom. The van der Waals surface area contributed by atoms with E-state index in [0.717, 1.165) is 28.7 Å². The van der Waals surface area contributed by atoms with Gasteiger partial charge in [-0.05, 0) is 48.4 Å². The average Bonchev–Trinajstić information content (AvgIpc) is 3.35. The molecule has 2 aromatic carbocycles. The minimum Gasteiger partial charge on any atom is -0.480 e. The van der Waals surface area contributed by atoms with Gasteiger partial charge in [0.25, 0.3) is 0 Å². The van der Waals surface area contributed by atoms with Gasteiger partial charge in [0, 0.05) is 19.0 Å². The molecule has 0 saturated heterocycles. The molecule has 2 aromatic rings. The van der Waals surface area contributed by atoms with Crippen LogP contribution in [-0.2, 0) is 14.3 Å². The third kappa shape index (κ3) is 4.15.